The quantitative estimate of drug-likeness (QED) is 0.291. The summed E-state index contributed by atoms with van der Waals surface area (Å²) in [5.74, 6) is -1.20. The third-order valence-corrected chi connectivity index (χ3v) is 8.26. The molecule has 2 unspecified atom stereocenters. The van der Waals surface area contributed by atoms with Crippen molar-refractivity contribution in [2.45, 2.75) is 40.0 Å². The van der Waals surface area contributed by atoms with E-state index < -0.39 is 17.3 Å². The van der Waals surface area contributed by atoms with Gasteiger partial charge < -0.3 is 19.4 Å². The molecule has 5 heterocycles. The Morgan fingerprint density at radius 1 is 1.25 bits per heavy atom. The molecule has 2 saturated heterocycles. The second kappa shape index (κ2) is 9.83. The molecule has 40 heavy (non-hydrogen) atoms. The van der Waals surface area contributed by atoms with E-state index in [1.54, 1.807) is 37.5 Å². The Balaban J connectivity index is 1.45. The molecule has 11 nitrogen and oxygen atoms in total. The number of nitrogens with zero attached hydrogens (tertiary/aromatic N) is 5. The minimum absolute atomic E-state index is 0.00461. The van der Waals surface area contributed by atoms with E-state index in [0.717, 1.165) is 35.1 Å². The van der Waals surface area contributed by atoms with Crippen LogP contribution >= 0.6 is 0 Å². The van der Waals surface area contributed by atoms with Gasteiger partial charge in [-0.1, -0.05) is 20.8 Å². The van der Waals surface area contributed by atoms with E-state index in [0.29, 0.717) is 29.9 Å². The number of aromatic nitrogens is 4. The number of imide groups is 1. The van der Waals surface area contributed by atoms with Gasteiger partial charge in [-0.25, -0.2) is 14.3 Å². The molecule has 1 N–H and O–H groups in total. The summed E-state index contributed by atoms with van der Waals surface area (Å²) in [4.78, 5) is 44.5. The largest absolute Gasteiger partial charge is 0.465 e. The van der Waals surface area contributed by atoms with Gasteiger partial charge >= 0.3 is 5.97 Å². The average Bonchev–Trinajstić information content (AvgIpc) is 3.61. The molecule has 0 aliphatic carbocycles. The van der Waals surface area contributed by atoms with Crippen molar-refractivity contribution < 1.29 is 23.9 Å². The number of esters is 1. The van der Waals surface area contributed by atoms with Gasteiger partial charge in [-0.2, -0.15) is 5.10 Å². The molecule has 2 atom stereocenters. The highest BCUT2D eigenvalue weighted by molar-refractivity contribution is 6.07. The minimum atomic E-state index is -0.746. The zero-order valence-electron chi connectivity index (χ0n) is 23.0. The van der Waals surface area contributed by atoms with E-state index in [2.05, 4.69) is 20.0 Å². The van der Waals surface area contributed by atoms with Gasteiger partial charge in [0.05, 0.1) is 60.6 Å². The van der Waals surface area contributed by atoms with Crippen molar-refractivity contribution >= 4 is 34.2 Å². The molecule has 3 aromatic heterocycles. The highest BCUT2D eigenvalue weighted by Crippen LogP contribution is 2.38. The molecule has 1 aromatic carbocycles. The summed E-state index contributed by atoms with van der Waals surface area (Å²) in [6.07, 6.45) is 5.26. The number of ether oxygens (including phenoxy) is 2. The van der Waals surface area contributed by atoms with E-state index >= 15 is 0 Å². The normalized spacial score (nSPS) is 21.1. The number of fused-ring (bicyclic) bond motifs is 2. The lowest BCUT2D eigenvalue weighted by Gasteiger charge is -2.24. The van der Waals surface area contributed by atoms with Crippen molar-refractivity contribution in [1.29, 1.82) is 0 Å². The summed E-state index contributed by atoms with van der Waals surface area (Å²) in [5.41, 5.74) is 3.38. The van der Waals surface area contributed by atoms with Crippen molar-refractivity contribution in [3.63, 3.8) is 0 Å². The van der Waals surface area contributed by atoms with Gasteiger partial charge in [-0.05, 0) is 29.8 Å². The summed E-state index contributed by atoms with van der Waals surface area (Å²) in [6, 6.07) is 7.47. The van der Waals surface area contributed by atoms with Crippen LogP contribution in [-0.4, -0.2) is 74.8 Å². The van der Waals surface area contributed by atoms with Crippen LogP contribution in [0.2, 0.25) is 0 Å². The zero-order valence-corrected chi connectivity index (χ0v) is 23.0. The van der Waals surface area contributed by atoms with Gasteiger partial charge in [-0.3, -0.25) is 14.5 Å². The molecule has 0 saturated carbocycles. The molecule has 208 valence electrons. The Bertz CT molecular complexity index is 1650. The molecule has 0 bridgehead atoms. The Kier molecular flexibility index (Phi) is 6.42. The Morgan fingerprint density at radius 2 is 2.08 bits per heavy atom. The van der Waals surface area contributed by atoms with Crippen LogP contribution in [-0.2, 0) is 32.2 Å². The number of rotatable bonds is 6. The van der Waals surface area contributed by atoms with Crippen LogP contribution in [0.3, 0.4) is 0 Å². The Labute approximate surface area is 231 Å². The van der Waals surface area contributed by atoms with Crippen molar-refractivity contribution in [2.24, 2.45) is 11.3 Å². The van der Waals surface area contributed by atoms with Crippen LogP contribution < -0.4 is 5.32 Å². The van der Waals surface area contributed by atoms with Gasteiger partial charge in [0.25, 0.3) is 0 Å². The third kappa shape index (κ3) is 4.25. The fraction of sp³-hybridized carbons (Fsp3) is 0.414. The lowest BCUT2D eigenvalue weighted by molar-refractivity contribution is -0.141. The lowest BCUT2D eigenvalue weighted by atomic mass is 9.82. The summed E-state index contributed by atoms with van der Waals surface area (Å²) in [6.45, 7) is 8.41. The van der Waals surface area contributed by atoms with Crippen LogP contribution in [0.1, 0.15) is 36.7 Å². The smallest absolute Gasteiger partial charge is 0.337 e. The average molecular weight is 545 g/mol. The van der Waals surface area contributed by atoms with E-state index in [1.165, 1.54) is 18.3 Å². The summed E-state index contributed by atoms with van der Waals surface area (Å²) in [7, 11) is 1.36. The summed E-state index contributed by atoms with van der Waals surface area (Å²) < 4.78 is 14.8. The van der Waals surface area contributed by atoms with Crippen molar-refractivity contribution in [2.75, 3.05) is 26.8 Å². The maximum absolute atomic E-state index is 13.0. The molecule has 11 heteroatoms. The highest BCUT2D eigenvalue weighted by atomic mass is 16.5. The van der Waals surface area contributed by atoms with Gasteiger partial charge in [0.15, 0.2) is 0 Å². The van der Waals surface area contributed by atoms with Gasteiger partial charge in [0.2, 0.25) is 11.8 Å². The number of amides is 2. The standard InChI is InChI=1S/C29H32N6O5/c1-17-26(36)34(28(38)29(17,2)3)13-18-9-23-24(31-16-32-35(23)14-18)22-11-20(27(37)39-4)10-19-5-7-33(25(19)22)15-21-12-30-6-8-40-21/h5,7,9-11,14,16-17,21,30H,6,8,12-13,15H2,1-4H3. The fourth-order valence-corrected chi connectivity index (χ4v) is 5.66. The Hall–Kier alpha value is -4.09. The van der Waals surface area contributed by atoms with E-state index in [9.17, 15) is 14.4 Å². The summed E-state index contributed by atoms with van der Waals surface area (Å²) >= 11 is 0. The lowest BCUT2D eigenvalue weighted by Crippen LogP contribution is -2.40. The van der Waals surface area contributed by atoms with E-state index in [-0.39, 0.29) is 24.5 Å². The first-order chi connectivity index (χ1) is 19.2. The SMILES string of the molecule is COC(=O)c1cc(-c2ncnn3cc(CN4C(=O)C(C)C(C)(C)C4=O)cc23)c2c(ccn2CC2CNCCO2)c1. The van der Waals surface area contributed by atoms with Crippen LogP contribution in [0.4, 0.5) is 0 Å². The van der Waals surface area contributed by atoms with Crippen LogP contribution in [0.25, 0.3) is 27.7 Å². The van der Waals surface area contributed by atoms with Crippen LogP contribution in [0.5, 0.6) is 0 Å². The Morgan fingerprint density at radius 3 is 2.77 bits per heavy atom. The number of hydrogen-bond acceptors (Lipinski definition) is 8. The van der Waals surface area contributed by atoms with Crippen molar-refractivity contribution in [3.05, 3.63) is 54.1 Å². The number of carbonyl (C=O) groups excluding carboxylic acids is 3. The van der Waals surface area contributed by atoms with Crippen LogP contribution in [0.15, 0.2) is 43.0 Å². The number of hydrogen-bond donors (Lipinski definition) is 1. The predicted molar refractivity (Wildman–Crippen MR) is 146 cm³/mol. The number of morpholine rings is 1. The fourth-order valence-electron chi connectivity index (χ4n) is 5.66. The van der Waals surface area contributed by atoms with Crippen molar-refractivity contribution in [1.82, 2.24) is 29.4 Å². The zero-order chi connectivity index (χ0) is 28.2. The first-order valence-electron chi connectivity index (χ1n) is 13.4. The minimum Gasteiger partial charge on any atom is -0.465 e. The van der Waals surface area contributed by atoms with Gasteiger partial charge in [-0.15, -0.1) is 0 Å². The molecule has 6 rings (SSSR count). The number of carbonyl (C=O) groups is 3. The molecule has 2 fully saturated rings. The molecular weight excluding hydrogens is 512 g/mol. The molecule has 2 aliphatic rings. The molecule has 2 amide bonds. The highest BCUT2D eigenvalue weighted by Gasteiger charge is 2.50. The first kappa shape index (κ1) is 26.1. The molecule has 4 aromatic rings. The third-order valence-electron chi connectivity index (χ3n) is 8.26. The monoisotopic (exact) mass is 544 g/mol. The topological polar surface area (TPSA) is 120 Å². The first-order valence-corrected chi connectivity index (χ1v) is 13.4. The van der Waals surface area contributed by atoms with Crippen molar-refractivity contribution in [3.8, 4) is 11.3 Å². The predicted octanol–water partition coefficient (Wildman–Crippen LogP) is 2.66. The van der Waals surface area contributed by atoms with E-state index in [4.69, 9.17) is 9.47 Å². The second-order valence-corrected chi connectivity index (χ2v) is 11.1. The second-order valence-electron chi connectivity index (χ2n) is 11.1. The molecular formula is C29H32N6O5. The number of methoxy groups -OCH3 is 1. The molecule has 2 aliphatic heterocycles. The number of likely N-dealkylation sites (tertiary alicyclic amines) is 1. The number of benzene rings is 1. The van der Waals surface area contributed by atoms with Gasteiger partial charge in [0.1, 0.15) is 6.33 Å². The number of nitrogens with one attached hydrogen (secondary N) is 1. The molecule has 0 radical (unpaired) electrons. The maximum Gasteiger partial charge on any atom is 0.337 e. The summed E-state index contributed by atoms with van der Waals surface area (Å²) in [5, 5.41) is 8.63. The maximum atomic E-state index is 13.0. The molecule has 0 spiro atoms. The van der Waals surface area contributed by atoms with Crippen LogP contribution in [0, 0.1) is 11.3 Å². The van der Waals surface area contributed by atoms with E-state index in [1.807, 2.05) is 24.4 Å². The van der Waals surface area contributed by atoms with Gasteiger partial charge in [0, 0.05) is 42.4 Å².